The first kappa shape index (κ1) is 7.58. The summed E-state index contributed by atoms with van der Waals surface area (Å²) in [5.41, 5.74) is 0. The largest absolute Gasteiger partial charge is 0.287 e. The summed E-state index contributed by atoms with van der Waals surface area (Å²) in [6, 6.07) is 0. The van der Waals surface area contributed by atoms with Gasteiger partial charge in [-0.3, -0.25) is 14.6 Å². The first-order valence-electron chi connectivity index (χ1n) is 2.09. The van der Waals surface area contributed by atoms with E-state index >= 15 is 0 Å². The topological polar surface area (TPSA) is 46.5 Å². The number of Topliss-reactive ketones (excluding diaryl/α,β-unsaturated/α-hetero) is 2. The van der Waals surface area contributed by atoms with Crippen molar-refractivity contribution < 1.29 is 9.59 Å². The molecule has 0 aromatic heterocycles. The molecule has 1 unspecified atom stereocenters. The highest BCUT2D eigenvalue weighted by atomic mass is 127. The average molecular weight is 349 g/mol. The van der Waals surface area contributed by atoms with E-state index in [4.69, 9.17) is 0 Å². The second-order valence-electron chi connectivity index (χ2n) is 1.45. The van der Waals surface area contributed by atoms with Crippen molar-refractivity contribution in [3.8, 4) is 0 Å². The first-order chi connectivity index (χ1) is 4.13. The zero-order chi connectivity index (χ0) is 7.02. The van der Waals surface area contributed by atoms with Gasteiger partial charge in [-0.15, -0.1) is 0 Å². The van der Waals surface area contributed by atoms with Crippen molar-refractivity contribution >= 4 is 60.5 Å². The van der Waals surface area contributed by atoms with Gasteiger partial charge in [0, 0.05) is 0 Å². The van der Waals surface area contributed by atoms with Crippen molar-refractivity contribution in [3.63, 3.8) is 0 Å². The van der Waals surface area contributed by atoms with Gasteiger partial charge in [-0.05, 0) is 45.2 Å². The molecule has 0 fully saturated rings. The molecule has 1 rings (SSSR count). The fourth-order valence-corrected chi connectivity index (χ4v) is 2.07. The smallest absolute Gasteiger partial charge is 0.255 e. The van der Waals surface area contributed by atoms with E-state index in [0.717, 1.165) is 0 Å². The van der Waals surface area contributed by atoms with Crippen LogP contribution in [0, 0.1) is 0 Å². The number of ketones is 2. The number of nitrogens with zero attached hydrogens (tertiary/aromatic N) is 1. The highest BCUT2D eigenvalue weighted by Gasteiger charge is 2.31. The molecule has 0 bridgehead atoms. The fraction of sp³-hybridized carbons (Fsp3) is 0.250. The number of aliphatic imine (C=N–C) groups is 1. The predicted octanol–water partition coefficient (Wildman–Crippen LogP) is 0.733. The maximum absolute atomic E-state index is 10.6. The quantitative estimate of drug-likeness (QED) is 0.280. The van der Waals surface area contributed by atoms with Gasteiger partial charge >= 0.3 is 0 Å². The van der Waals surface area contributed by atoms with E-state index in [0.29, 0.717) is 3.72 Å². The minimum Gasteiger partial charge on any atom is -0.287 e. The Morgan fingerprint density at radius 1 is 1.44 bits per heavy atom. The maximum atomic E-state index is 10.6. The van der Waals surface area contributed by atoms with E-state index < -0.39 is 15.6 Å². The molecule has 0 spiro atoms. The van der Waals surface area contributed by atoms with Crippen molar-refractivity contribution in [1.82, 2.24) is 0 Å². The molecule has 1 heterocycles. The second kappa shape index (κ2) is 2.60. The van der Waals surface area contributed by atoms with Gasteiger partial charge in [-0.1, -0.05) is 0 Å². The van der Waals surface area contributed by atoms with Gasteiger partial charge in [-0.25, -0.2) is 0 Å². The molecule has 0 saturated heterocycles. The lowest BCUT2D eigenvalue weighted by Gasteiger charge is -1.85. The maximum Gasteiger partial charge on any atom is 0.255 e. The molecule has 5 heteroatoms. The molecular formula is C4HI2NO2. The highest BCUT2D eigenvalue weighted by Crippen LogP contribution is 2.15. The summed E-state index contributed by atoms with van der Waals surface area (Å²) in [6.07, 6.45) is 0. The lowest BCUT2D eigenvalue weighted by molar-refractivity contribution is -0.131. The number of carbonyl (C=O) groups excluding carboxylic acids is 2. The number of carbonyl (C=O) groups is 2. The van der Waals surface area contributed by atoms with Crippen LogP contribution in [-0.2, 0) is 9.59 Å². The Labute approximate surface area is 78.6 Å². The van der Waals surface area contributed by atoms with E-state index in [9.17, 15) is 9.59 Å². The molecule has 1 aliphatic rings. The normalized spacial score (nSPS) is 26.9. The summed E-state index contributed by atoms with van der Waals surface area (Å²) >= 11 is 3.59. The van der Waals surface area contributed by atoms with Crippen LogP contribution in [0.3, 0.4) is 0 Å². The number of alkyl halides is 1. The van der Waals surface area contributed by atoms with Crippen LogP contribution in [0.1, 0.15) is 0 Å². The van der Waals surface area contributed by atoms with E-state index in [-0.39, 0.29) is 0 Å². The standard InChI is InChI=1S/C4HI2NO2/c5-3-1(8)2(9)4(6)7-3/h3H. The van der Waals surface area contributed by atoms with Crippen LogP contribution >= 0.6 is 45.2 Å². The molecule has 9 heavy (non-hydrogen) atoms. The van der Waals surface area contributed by atoms with Gasteiger partial charge < -0.3 is 0 Å². The van der Waals surface area contributed by atoms with E-state index in [2.05, 4.69) is 4.99 Å². The van der Waals surface area contributed by atoms with Gasteiger partial charge in [0.05, 0.1) is 0 Å². The number of hydrogen-bond donors (Lipinski definition) is 0. The third-order valence-electron chi connectivity index (χ3n) is 0.854. The predicted molar refractivity (Wildman–Crippen MR) is 49.3 cm³/mol. The molecular weight excluding hydrogens is 348 g/mol. The van der Waals surface area contributed by atoms with Crippen molar-refractivity contribution in [2.45, 2.75) is 4.05 Å². The summed E-state index contributed by atoms with van der Waals surface area (Å²) in [7, 11) is 0. The number of halogens is 2. The molecule has 0 radical (unpaired) electrons. The lowest BCUT2D eigenvalue weighted by atomic mass is 10.3. The van der Waals surface area contributed by atoms with Crippen LogP contribution in [0.5, 0.6) is 0 Å². The van der Waals surface area contributed by atoms with E-state index in [1.165, 1.54) is 0 Å². The zero-order valence-electron chi connectivity index (χ0n) is 4.10. The Bertz CT molecular complexity index is 211. The fourth-order valence-electron chi connectivity index (χ4n) is 0.427. The van der Waals surface area contributed by atoms with Crippen LogP contribution in [0.4, 0.5) is 0 Å². The van der Waals surface area contributed by atoms with E-state index in [1.54, 1.807) is 22.6 Å². The molecule has 0 saturated carbocycles. The molecule has 0 amide bonds. The van der Waals surface area contributed by atoms with Crippen molar-refractivity contribution in [3.05, 3.63) is 0 Å². The highest BCUT2D eigenvalue weighted by molar-refractivity contribution is 14.1. The summed E-state index contributed by atoms with van der Waals surface area (Å²) < 4.78 is -0.168. The van der Waals surface area contributed by atoms with Crippen molar-refractivity contribution in [2.75, 3.05) is 0 Å². The van der Waals surface area contributed by atoms with Crippen LogP contribution in [0.2, 0.25) is 0 Å². The molecule has 48 valence electrons. The average Bonchev–Trinajstić information content (AvgIpc) is 1.98. The Morgan fingerprint density at radius 2 is 2.00 bits per heavy atom. The Morgan fingerprint density at radius 3 is 2.11 bits per heavy atom. The van der Waals surface area contributed by atoms with Gasteiger partial charge in [0.1, 0.15) is 3.72 Å². The monoisotopic (exact) mass is 349 g/mol. The Balaban J connectivity index is 2.95. The van der Waals surface area contributed by atoms with Crippen LogP contribution in [-0.4, -0.2) is 19.3 Å². The van der Waals surface area contributed by atoms with Crippen molar-refractivity contribution in [2.24, 2.45) is 4.99 Å². The zero-order valence-corrected chi connectivity index (χ0v) is 8.41. The van der Waals surface area contributed by atoms with Gasteiger partial charge in [-0.2, -0.15) is 0 Å². The minimum atomic E-state index is -0.470. The van der Waals surface area contributed by atoms with Gasteiger partial charge in [0.25, 0.3) is 5.78 Å². The van der Waals surface area contributed by atoms with Crippen LogP contribution in [0.25, 0.3) is 0 Å². The molecule has 0 aromatic rings. The van der Waals surface area contributed by atoms with Gasteiger partial charge in [0.2, 0.25) is 5.78 Å². The SMILES string of the molecule is O=C1C(=O)C(I)N=C1I. The number of hydrogen-bond acceptors (Lipinski definition) is 3. The van der Waals surface area contributed by atoms with Crippen LogP contribution in [0.15, 0.2) is 4.99 Å². The molecule has 0 aliphatic carbocycles. The third-order valence-corrected chi connectivity index (χ3v) is 2.47. The Hall–Kier alpha value is 0.470. The Kier molecular flexibility index (Phi) is 2.19. The summed E-state index contributed by atoms with van der Waals surface area (Å²) in [5.74, 6) is -0.852. The van der Waals surface area contributed by atoms with Gasteiger partial charge in [0.15, 0.2) is 4.05 Å². The molecule has 0 N–H and O–H groups in total. The lowest BCUT2D eigenvalue weighted by Crippen LogP contribution is -2.16. The summed E-state index contributed by atoms with van der Waals surface area (Å²) in [4.78, 5) is 25.0. The summed E-state index contributed by atoms with van der Waals surface area (Å²) in [5, 5.41) is 0. The number of rotatable bonds is 0. The van der Waals surface area contributed by atoms with Crippen LogP contribution < -0.4 is 0 Å². The summed E-state index contributed by atoms with van der Waals surface area (Å²) in [6.45, 7) is 0. The third kappa shape index (κ3) is 1.31. The first-order valence-corrected chi connectivity index (χ1v) is 4.41. The minimum absolute atomic E-state index is 0.303. The molecule has 1 aliphatic heterocycles. The second-order valence-corrected chi connectivity index (χ2v) is 3.65. The van der Waals surface area contributed by atoms with Crippen molar-refractivity contribution in [1.29, 1.82) is 0 Å². The van der Waals surface area contributed by atoms with E-state index in [1.807, 2.05) is 22.6 Å². The molecule has 1 atom stereocenters. The molecule has 0 aromatic carbocycles. The molecule has 3 nitrogen and oxygen atoms in total.